The summed E-state index contributed by atoms with van der Waals surface area (Å²) in [6, 6.07) is 6.43. The molecule has 2 bridgehead atoms. The fraction of sp³-hybridized carbons (Fsp3) is 0.579. The van der Waals surface area contributed by atoms with Crippen LogP contribution in [0.3, 0.4) is 0 Å². The molecule has 0 amide bonds. The van der Waals surface area contributed by atoms with Crippen molar-refractivity contribution in [2.75, 3.05) is 0 Å². The minimum absolute atomic E-state index is 0.814. The second kappa shape index (κ2) is 7.02. The van der Waals surface area contributed by atoms with E-state index in [1.807, 2.05) is 0 Å². The van der Waals surface area contributed by atoms with Crippen LogP contribution in [-0.4, -0.2) is 20.5 Å². The summed E-state index contributed by atoms with van der Waals surface area (Å²) in [5, 5.41) is 1.63. The van der Waals surface area contributed by atoms with Crippen LogP contribution in [-0.2, 0) is 11.5 Å². The Labute approximate surface area is 147 Å². The number of aromatic nitrogens is 2. The van der Waals surface area contributed by atoms with Crippen molar-refractivity contribution in [3.63, 3.8) is 0 Å². The number of thioether (sulfide) groups is 2. The normalized spacial score (nSPS) is 25.6. The highest BCUT2D eigenvalue weighted by Gasteiger charge is 2.23. The van der Waals surface area contributed by atoms with E-state index in [1.165, 1.54) is 55.5 Å². The van der Waals surface area contributed by atoms with E-state index in [0.29, 0.717) is 0 Å². The van der Waals surface area contributed by atoms with E-state index in [0.717, 1.165) is 33.0 Å². The van der Waals surface area contributed by atoms with E-state index in [1.54, 1.807) is 0 Å². The van der Waals surface area contributed by atoms with Crippen molar-refractivity contribution in [2.45, 2.75) is 67.5 Å². The van der Waals surface area contributed by atoms with Gasteiger partial charge < -0.3 is 0 Å². The van der Waals surface area contributed by atoms with Crippen molar-refractivity contribution in [1.82, 2.24) is 9.97 Å². The maximum atomic E-state index is 4.98. The number of hydrogen-bond acceptors (Lipinski definition) is 4. The van der Waals surface area contributed by atoms with Gasteiger partial charge in [0.25, 0.3) is 0 Å². The second-order valence-corrected chi connectivity index (χ2v) is 9.43. The first kappa shape index (κ1) is 15.8. The lowest BCUT2D eigenvalue weighted by Crippen LogP contribution is -2.15. The fourth-order valence-electron chi connectivity index (χ4n) is 3.61. The molecule has 122 valence electrons. The number of fused-ring (bicyclic) bond motifs is 4. The molecule has 1 aliphatic carbocycles. The molecule has 2 atom stereocenters. The van der Waals surface area contributed by atoms with Gasteiger partial charge in [-0.3, -0.25) is 0 Å². The summed E-state index contributed by atoms with van der Waals surface area (Å²) >= 11 is 4.25. The van der Waals surface area contributed by atoms with Crippen molar-refractivity contribution in [2.24, 2.45) is 0 Å². The quantitative estimate of drug-likeness (QED) is 0.629. The van der Waals surface area contributed by atoms with Crippen LogP contribution < -0.4 is 0 Å². The zero-order valence-corrected chi connectivity index (χ0v) is 15.4. The van der Waals surface area contributed by atoms with Crippen molar-refractivity contribution >= 4 is 34.6 Å². The summed E-state index contributed by atoms with van der Waals surface area (Å²) in [6.45, 7) is 2.13. The number of aryl methyl sites for hydroxylation is 1. The molecule has 23 heavy (non-hydrogen) atoms. The Bertz CT molecular complexity index is 701. The Morgan fingerprint density at radius 3 is 2.22 bits per heavy atom. The standard InChI is InChI=1S/C19H24N2S2/c1-13-7-8-16-17(9-13)21-19-12-23-15-6-4-2-3-5-14(10-15)22-11-18(19)20-16/h7-9,14-15H,2-6,10-12H2,1H3. The maximum absolute atomic E-state index is 4.98. The fourth-order valence-corrected chi connectivity index (χ4v) is 6.39. The lowest BCUT2D eigenvalue weighted by molar-refractivity contribution is 0.522. The van der Waals surface area contributed by atoms with E-state index < -0.39 is 0 Å². The molecular weight excluding hydrogens is 320 g/mol. The summed E-state index contributed by atoms with van der Waals surface area (Å²) in [5.41, 5.74) is 5.83. The molecule has 2 aromatic rings. The van der Waals surface area contributed by atoms with Crippen molar-refractivity contribution in [3.8, 4) is 0 Å². The SMILES string of the molecule is Cc1ccc2nc3c(nc2c1)CSC1CCCCCC(C1)SC3. The smallest absolute Gasteiger partial charge is 0.0893 e. The summed E-state index contributed by atoms with van der Waals surface area (Å²) in [4.78, 5) is 9.95. The van der Waals surface area contributed by atoms with E-state index in [9.17, 15) is 0 Å². The molecule has 1 aliphatic heterocycles. The van der Waals surface area contributed by atoms with Gasteiger partial charge in [-0.05, 0) is 43.9 Å². The van der Waals surface area contributed by atoms with Crippen LogP contribution in [0.2, 0.25) is 0 Å². The molecule has 0 saturated heterocycles. The third-order valence-electron chi connectivity index (χ3n) is 4.96. The van der Waals surface area contributed by atoms with Gasteiger partial charge in [-0.25, -0.2) is 9.97 Å². The Balaban J connectivity index is 1.68. The molecule has 2 unspecified atom stereocenters. The highest BCUT2D eigenvalue weighted by atomic mass is 32.2. The van der Waals surface area contributed by atoms with Gasteiger partial charge in [-0.15, -0.1) is 0 Å². The van der Waals surface area contributed by atoms with Crippen LogP contribution >= 0.6 is 23.5 Å². The summed E-state index contributed by atoms with van der Waals surface area (Å²) in [6.07, 6.45) is 8.38. The minimum atomic E-state index is 0.814. The number of hydrogen-bond donors (Lipinski definition) is 0. The molecule has 1 saturated carbocycles. The lowest BCUT2D eigenvalue weighted by atomic mass is 10.0. The van der Waals surface area contributed by atoms with Crippen molar-refractivity contribution in [1.29, 1.82) is 0 Å². The van der Waals surface area contributed by atoms with Gasteiger partial charge in [0, 0.05) is 22.0 Å². The maximum Gasteiger partial charge on any atom is 0.0893 e. The first-order valence-electron chi connectivity index (χ1n) is 8.77. The van der Waals surface area contributed by atoms with Crippen LogP contribution in [0.25, 0.3) is 11.0 Å². The van der Waals surface area contributed by atoms with Crippen molar-refractivity contribution < 1.29 is 0 Å². The first-order chi connectivity index (χ1) is 11.3. The highest BCUT2D eigenvalue weighted by molar-refractivity contribution is 8.00. The summed E-state index contributed by atoms with van der Waals surface area (Å²) in [7, 11) is 0. The highest BCUT2D eigenvalue weighted by Crippen LogP contribution is 2.37. The number of benzene rings is 1. The summed E-state index contributed by atoms with van der Waals surface area (Å²) in [5.74, 6) is 2.06. The molecular formula is C19H24N2S2. The Morgan fingerprint density at radius 2 is 1.52 bits per heavy atom. The van der Waals surface area contributed by atoms with Gasteiger partial charge in [0.05, 0.1) is 22.4 Å². The predicted molar refractivity (Wildman–Crippen MR) is 102 cm³/mol. The Kier molecular flexibility index (Phi) is 4.81. The molecule has 1 aromatic heterocycles. The molecule has 0 spiro atoms. The average molecular weight is 345 g/mol. The number of rotatable bonds is 0. The molecule has 0 radical (unpaired) electrons. The van der Waals surface area contributed by atoms with Gasteiger partial charge in [0.1, 0.15) is 0 Å². The molecule has 1 aromatic carbocycles. The van der Waals surface area contributed by atoms with E-state index in [2.05, 4.69) is 48.6 Å². The summed E-state index contributed by atoms with van der Waals surface area (Å²) < 4.78 is 0. The van der Waals surface area contributed by atoms with Crippen LogP contribution in [0.5, 0.6) is 0 Å². The monoisotopic (exact) mass is 344 g/mol. The van der Waals surface area contributed by atoms with Crippen molar-refractivity contribution in [3.05, 3.63) is 35.2 Å². The second-order valence-electron chi connectivity index (χ2n) is 6.85. The molecule has 0 N–H and O–H groups in total. The van der Waals surface area contributed by atoms with Crippen LogP contribution in [0.4, 0.5) is 0 Å². The molecule has 1 fully saturated rings. The predicted octanol–water partition coefficient (Wildman–Crippen LogP) is 5.51. The minimum Gasteiger partial charge on any atom is -0.248 e. The van der Waals surface area contributed by atoms with E-state index in [-0.39, 0.29) is 0 Å². The molecule has 2 heterocycles. The average Bonchev–Trinajstić information content (AvgIpc) is 2.60. The Hall–Kier alpha value is -0.740. The van der Waals surface area contributed by atoms with Gasteiger partial charge >= 0.3 is 0 Å². The molecule has 4 rings (SSSR count). The van der Waals surface area contributed by atoms with E-state index >= 15 is 0 Å². The number of nitrogens with zero attached hydrogens (tertiary/aromatic N) is 2. The van der Waals surface area contributed by atoms with Crippen LogP contribution in [0, 0.1) is 6.92 Å². The third-order valence-corrected chi connectivity index (χ3v) is 7.64. The van der Waals surface area contributed by atoms with E-state index in [4.69, 9.17) is 9.97 Å². The Morgan fingerprint density at radius 1 is 0.870 bits per heavy atom. The van der Waals surface area contributed by atoms with Crippen LogP contribution in [0.1, 0.15) is 55.5 Å². The van der Waals surface area contributed by atoms with Gasteiger partial charge in [-0.1, -0.05) is 25.3 Å². The molecule has 2 nitrogen and oxygen atoms in total. The van der Waals surface area contributed by atoms with Crippen LogP contribution in [0.15, 0.2) is 18.2 Å². The first-order valence-corrected chi connectivity index (χ1v) is 10.9. The lowest BCUT2D eigenvalue weighted by Gasteiger charge is -2.24. The molecule has 2 aliphatic rings. The van der Waals surface area contributed by atoms with Gasteiger partial charge in [0.2, 0.25) is 0 Å². The van der Waals surface area contributed by atoms with Gasteiger partial charge in [0.15, 0.2) is 0 Å². The zero-order valence-electron chi connectivity index (χ0n) is 13.8. The van der Waals surface area contributed by atoms with Gasteiger partial charge in [-0.2, -0.15) is 23.5 Å². The zero-order chi connectivity index (χ0) is 15.6. The topological polar surface area (TPSA) is 25.8 Å². The molecule has 4 heteroatoms. The largest absolute Gasteiger partial charge is 0.248 e. The third kappa shape index (κ3) is 3.69.